The van der Waals surface area contributed by atoms with E-state index in [-0.39, 0.29) is 30.8 Å². The Kier molecular flexibility index (Phi) is 11.1. The highest BCUT2D eigenvalue weighted by Gasteiger charge is 2.23. The van der Waals surface area contributed by atoms with Gasteiger partial charge in [-0.3, -0.25) is 14.4 Å². The highest BCUT2D eigenvalue weighted by molar-refractivity contribution is 6.06. The van der Waals surface area contributed by atoms with Gasteiger partial charge < -0.3 is 20.1 Å². The Labute approximate surface area is 253 Å². The van der Waals surface area contributed by atoms with E-state index in [1.165, 1.54) is 5.56 Å². The molecular weight excluding hydrogens is 540 g/mol. The molecule has 2 N–H and O–H groups in total. The van der Waals surface area contributed by atoms with E-state index in [2.05, 4.69) is 17.4 Å². The molecule has 1 unspecified atom stereocenters. The summed E-state index contributed by atoms with van der Waals surface area (Å²) in [5, 5.41) is 12.5. The third-order valence-electron chi connectivity index (χ3n) is 7.39. The Hall–Kier alpha value is -4.91. The molecule has 2 amide bonds. The maximum Gasteiger partial charge on any atom is 0.305 e. The molecule has 0 aromatic heterocycles. The first kappa shape index (κ1) is 31.0. The molecule has 7 nitrogen and oxygen atoms in total. The molecule has 0 saturated carbocycles. The van der Waals surface area contributed by atoms with Crippen molar-refractivity contribution >= 4 is 17.8 Å². The lowest BCUT2D eigenvalue weighted by Crippen LogP contribution is -2.35. The number of carbonyl (C=O) groups excluding carboxylic acids is 2. The Morgan fingerprint density at radius 1 is 0.767 bits per heavy atom. The lowest BCUT2D eigenvalue weighted by Gasteiger charge is -2.24. The van der Waals surface area contributed by atoms with Gasteiger partial charge in [0, 0.05) is 30.3 Å². The van der Waals surface area contributed by atoms with Crippen molar-refractivity contribution in [3.8, 4) is 16.9 Å². The van der Waals surface area contributed by atoms with E-state index in [1.807, 2.05) is 79.7 Å². The lowest BCUT2D eigenvalue weighted by atomic mass is 9.94. The molecule has 0 fully saturated rings. The number of nitrogens with zero attached hydrogens (tertiary/aromatic N) is 1. The number of rotatable bonds is 14. The van der Waals surface area contributed by atoms with E-state index >= 15 is 0 Å². The zero-order chi connectivity index (χ0) is 30.6. The Balaban J connectivity index is 1.55. The number of nitrogens with one attached hydrogen (secondary N) is 1. The van der Waals surface area contributed by atoms with Gasteiger partial charge in [-0.25, -0.2) is 0 Å². The van der Waals surface area contributed by atoms with Gasteiger partial charge in [-0.1, -0.05) is 78.9 Å². The van der Waals surface area contributed by atoms with Crippen LogP contribution in [0.4, 0.5) is 0 Å². The van der Waals surface area contributed by atoms with E-state index in [4.69, 9.17) is 4.74 Å². The molecule has 0 spiro atoms. The van der Waals surface area contributed by atoms with Crippen molar-refractivity contribution < 1.29 is 24.2 Å². The lowest BCUT2D eigenvalue weighted by molar-refractivity contribution is -0.137. The largest absolute Gasteiger partial charge is 0.497 e. The van der Waals surface area contributed by atoms with Crippen LogP contribution in [0.3, 0.4) is 0 Å². The zero-order valence-corrected chi connectivity index (χ0v) is 24.7. The fraction of sp³-hybridized carbons (Fsp3) is 0.250. The van der Waals surface area contributed by atoms with Crippen LogP contribution in [0.15, 0.2) is 103 Å². The predicted molar refractivity (Wildman–Crippen MR) is 168 cm³/mol. The van der Waals surface area contributed by atoms with Crippen molar-refractivity contribution in [3.05, 3.63) is 125 Å². The van der Waals surface area contributed by atoms with E-state index in [1.54, 1.807) is 30.2 Å². The van der Waals surface area contributed by atoms with Crippen LogP contribution in [0.1, 0.15) is 51.6 Å². The summed E-state index contributed by atoms with van der Waals surface area (Å²) >= 11 is 0. The SMILES string of the molecule is COc1cccc(CCN(CCC(=O)O)C(=O)c2ccccc2-c2ccccc2C(=O)NC(C)CCc2ccccc2)c1. The average Bonchev–Trinajstić information content (AvgIpc) is 3.04. The van der Waals surface area contributed by atoms with Crippen molar-refractivity contribution in [2.75, 3.05) is 20.2 Å². The summed E-state index contributed by atoms with van der Waals surface area (Å²) in [6.45, 7) is 2.38. The van der Waals surface area contributed by atoms with Crippen molar-refractivity contribution in [1.29, 1.82) is 0 Å². The van der Waals surface area contributed by atoms with Crippen LogP contribution in [-0.2, 0) is 17.6 Å². The maximum absolute atomic E-state index is 14.0. The van der Waals surface area contributed by atoms with Crippen molar-refractivity contribution in [3.63, 3.8) is 0 Å². The fourth-order valence-corrected chi connectivity index (χ4v) is 5.03. The van der Waals surface area contributed by atoms with Gasteiger partial charge in [0.1, 0.15) is 5.75 Å². The van der Waals surface area contributed by atoms with Gasteiger partial charge in [0.2, 0.25) is 0 Å². The van der Waals surface area contributed by atoms with Gasteiger partial charge in [0.25, 0.3) is 11.8 Å². The zero-order valence-electron chi connectivity index (χ0n) is 24.7. The summed E-state index contributed by atoms with van der Waals surface area (Å²) in [6.07, 6.45) is 2.00. The number of hydrogen-bond donors (Lipinski definition) is 2. The van der Waals surface area contributed by atoms with Crippen LogP contribution in [0.2, 0.25) is 0 Å². The fourth-order valence-electron chi connectivity index (χ4n) is 5.03. The molecule has 1 atom stereocenters. The Bertz CT molecular complexity index is 1540. The number of ether oxygens (including phenoxy) is 1. The van der Waals surface area contributed by atoms with Gasteiger partial charge >= 0.3 is 5.97 Å². The number of benzene rings is 4. The smallest absolute Gasteiger partial charge is 0.305 e. The summed E-state index contributed by atoms with van der Waals surface area (Å²) in [5.74, 6) is -0.753. The Morgan fingerprint density at radius 3 is 2.09 bits per heavy atom. The average molecular weight is 579 g/mol. The third kappa shape index (κ3) is 8.79. The molecule has 4 rings (SSSR count). The number of methoxy groups -OCH3 is 1. The Morgan fingerprint density at radius 2 is 1.40 bits per heavy atom. The second-order valence-corrected chi connectivity index (χ2v) is 10.5. The minimum atomic E-state index is -0.976. The third-order valence-corrected chi connectivity index (χ3v) is 7.39. The molecule has 0 saturated heterocycles. The molecule has 4 aromatic rings. The molecule has 7 heteroatoms. The molecule has 0 radical (unpaired) electrons. The molecule has 43 heavy (non-hydrogen) atoms. The quantitative estimate of drug-likeness (QED) is 0.184. The molecule has 4 aromatic carbocycles. The minimum absolute atomic E-state index is 0.0549. The standard InChI is InChI=1S/C36H38N2O5/c1-26(19-20-27-11-4-3-5-12-27)37-35(41)32-17-8-6-15-30(32)31-16-7-9-18-33(31)36(42)38(24-22-34(39)40)23-21-28-13-10-14-29(25-28)43-2/h3-18,25-26H,19-24H2,1-2H3,(H,37,41)(H,39,40). The summed E-state index contributed by atoms with van der Waals surface area (Å²) in [6, 6.07) is 32.1. The van der Waals surface area contributed by atoms with Crippen LogP contribution in [0.5, 0.6) is 5.75 Å². The number of carboxylic acid groups (broad SMARTS) is 1. The number of carbonyl (C=O) groups is 3. The van der Waals surface area contributed by atoms with E-state index in [0.29, 0.717) is 35.2 Å². The van der Waals surface area contributed by atoms with Crippen LogP contribution in [-0.4, -0.2) is 54.0 Å². The summed E-state index contributed by atoms with van der Waals surface area (Å²) < 4.78 is 5.32. The number of amides is 2. The first-order valence-electron chi connectivity index (χ1n) is 14.5. The maximum atomic E-state index is 14.0. The molecule has 0 bridgehead atoms. The van der Waals surface area contributed by atoms with Crippen molar-refractivity contribution in [2.24, 2.45) is 0 Å². The first-order valence-corrected chi connectivity index (χ1v) is 14.5. The van der Waals surface area contributed by atoms with Crippen LogP contribution in [0, 0.1) is 0 Å². The monoisotopic (exact) mass is 578 g/mol. The van der Waals surface area contributed by atoms with Gasteiger partial charge in [0.05, 0.1) is 13.5 Å². The highest BCUT2D eigenvalue weighted by atomic mass is 16.5. The number of carboxylic acids is 1. The van der Waals surface area contributed by atoms with Crippen LogP contribution < -0.4 is 10.1 Å². The van der Waals surface area contributed by atoms with E-state index in [0.717, 1.165) is 24.2 Å². The van der Waals surface area contributed by atoms with Crippen LogP contribution in [0.25, 0.3) is 11.1 Å². The molecule has 0 aliphatic heterocycles. The minimum Gasteiger partial charge on any atom is -0.497 e. The van der Waals surface area contributed by atoms with E-state index in [9.17, 15) is 19.5 Å². The van der Waals surface area contributed by atoms with Crippen LogP contribution >= 0.6 is 0 Å². The number of aryl methyl sites for hydroxylation is 1. The normalized spacial score (nSPS) is 11.4. The number of aliphatic carboxylic acids is 1. The predicted octanol–water partition coefficient (Wildman–Crippen LogP) is 6.27. The number of hydrogen-bond acceptors (Lipinski definition) is 4. The molecule has 0 heterocycles. The first-order chi connectivity index (χ1) is 20.9. The highest BCUT2D eigenvalue weighted by Crippen LogP contribution is 2.29. The molecular formula is C36H38N2O5. The van der Waals surface area contributed by atoms with E-state index < -0.39 is 5.97 Å². The topological polar surface area (TPSA) is 95.9 Å². The second kappa shape index (κ2) is 15.4. The summed E-state index contributed by atoms with van der Waals surface area (Å²) in [5.41, 5.74) is 4.35. The molecule has 0 aliphatic rings. The van der Waals surface area contributed by atoms with Crippen molar-refractivity contribution in [1.82, 2.24) is 10.2 Å². The molecule has 0 aliphatic carbocycles. The summed E-state index contributed by atoms with van der Waals surface area (Å²) in [7, 11) is 1.60. The van der Waals surface area contributed by atoms with Gasteiger partial charge in [0.15, 0.2) is 0 Å². The summed E-state index contributed by atoms with van der Waals surface area (Å²) in [4.78, 5) is 40.5. The van der Waals surface area contributed by atoms with Crippen molar-refractivity contribution in [2.45, 2.75) is 38.6 Å². The van der Waals surface area contributed by atoms with Gasteiger partial charge in [-0.2, -0.15) is 0 Å². The van der Waals surface area contributed by atoms with Gasteiger partial charge in [-0.15, -0.1) is 0 Å². The molecule has 222 valence electrons. The van der Waals surface area contributed by atoms with Gasteiger partial charge in [-0.05, 0) is 72.7 Å². The second-order valence-electron chi connectivity index (χ2n) is 10.5.